The van der Waals surface area contributed by atoms with Crippen LogP contribution in [0.1, 0.15) is 22.3 Å². The predicted molar refractivity (Wildman–Crippen MR) is 113 cm³/mol. The molecule has 1 N–H and O–H groups in total. The van der Waals surface area contributed by atoms with Gasteiger partial charge in [0.05, 0.1) is 0 Å². The van der Waals surface area contributed by atoms with E-state index in [1.165, 1.54) is 27.6 Å². The molecule has 0 heterocycles. The van der Waals surface area contributed by atoms with Crippen LogP contribution in [0.5, 0.6) is 5.75 Å². The molecule has 134 valence electrons. The molecule has 0 bridgehead atoms. The van der Waals surface area contributed by atoms with Gasteiger partial charge in [0, 0.05) is 18.4 Å². The van der Waals surface area contributed by atoms with Crippen LogP contribution in [-0.2, 0) is 13.1 Å². The molecule has 1 atom stereocenters. The molecular weight excluding hydrogens is 337 g/mol. The lowest BCUT2D eigenvalue weighted by molar-refractivity contribution is 0.320. The van der Waals surface area contributed by atoms with Crippen molar-refractivity contribution in [3.63, 3.8) is 0 Å². The lowest BCUT2D eigenvalue weighted by Gasteiger charge is -2.20. The van der Waals surface area contributed by atoms with Gasteiger partial charge in [-0.05, 0) is 55.0 Å². The largest absolute Gasteiger partial charge is 0.507 e. The third-order valence-corrected chi connectivity index (χ3v) is 6.14. The van der Waals surface area contributed by atoms with Gasteiger partial charge in [-0.15, -0.1) is 0 Å². The van der Waals surface area contributed by atoms with Crippen molar-refractivity contribution in [1.29, 1.82) is 0 Å². The van der Waals surface area contributed by atoms with E-state index in [-0.39, 0.29) is 0 Å². The van der Waals surface area contributed by atoms with Gasteiger partial charge in [0.15, 0.2) is 0 Å². The van der Waals surface area contributed by atoms with Crippen LogP contribution < -0.4 is 10.6 Å². The van der Waals surface area contributed by atoms with Crippen molar-refractivity contribution < 1.29 is 5.11 Å². The monoisotopic (exact) mass is 363 g/mol. The fraction of sp³-hybridized carbons (Fsp3) is 0.217. The highest BCUT2D eigenvalue weighted by molar-refractivity contribution is 7.56. The fourth-order valence-electron chi connectivity index (χ4n) is 3.17. The number of hydrogen-bond acceptors (Lipinski definition) is 2. The van der Waals surface area contributed by atoms with E-state index < -0.39 is 0 Å². The van der Waals surface area contributed by atoms with E-state index in [2.05, 4.69) is 80.4 Å². The van der Waals surface area contributed by atoms with Crippen LogP contribution in [0, 0.1) is 13.8 Å². The lowest BCUT2D eigenvalue weighted by Crippen LogP contribution is -2.22. The van der Waals surface area contributed by atoms with Crippen molar-refractivity contribution in [3.8, 4) is 5.75 Å². The molecule has 3 heteroatoms. The third-order valence-electron chi connectivity index (χ3n) is 4.51. The average molecular weight is 363 g/mol. The number of aromatic hydroxyl groups is 1. The Morgan fingerprint density at radius 3 is 2.42 bits per heavy atom. The van der Waals surface area contributed by atoms with Crippen LogP contribution >= 0.6 is 8.58 Å². The maximum Gasteiger partial charge on any atom is 0.123 e. The Labute approximate surface area is 158 Å². The minimum Gasteiger partial charge on any atom is -0.507 e. The van der Waals surface area contributed by atoms with E-state index in [1.54, 1.807) is 6.07 Å². The minimum absolute atomic E-state index is 0.390. The first-order valence-corrected chi connectivity index (χ1v) is 9.90. The number of hydrogen-bond donors (Lipinski definition) is 1. The van der Waals surface area contributed by atoms with Crippen molar-refractivity contribution in [2.45, 2.75) is 26.9 Å². The maximum absolute atomic E-state index is 10.3. The molecule has 3 aromatic rings. The van der Waals surface area contributed by atoms with Gasteiger partial charge in [-0.3, -0.25) is 4.90 Å². The first kappa shape index (κ1) is 18.6. The molecule has 0 aliphatic rings. The predicted octanol–water partition coefficient (Wildman–Crippen LogP) is 4.27. The van der Waals surface area contributed by atoms with E-state index in [4.69, 9.17) is 0 Å². The van der Waals surface area contributed by atoms with Gasteiger partial charge in [0.2, 0.25) is 0 Å². The molecule has 2 nitrogen and oxygen atoms in total. The third kappa shape index (κ3) is 4.72. The van der Waals surface area contributed by atoms with Crippen molar-refractivity contribution in [1.82, 2.24) is 4.90 Å². The molecule has 0 radical (unpaired) electrons. The first-order chi connectivity index (χ1) is 12.5. The molecule has 0 amide bonds. The number of phenols is 1. The first-order valence-electron chi connectivity index (χ1n) is 8.90. The smallest absolute Gasteiger partial charge is 0.123 e. The molecule has 0 spiro atoms. The molecule has 0 saturated heterocycles. The Morgan fingerprint density at radius 2 is 1.65 bits per heavy atom. The van der Waals surface area contributed by atoms with Gasteiger partial charge in [-0.25, -0.2) is 0 Å². The normalized spacial score (nSPS) is 11.5. The number of rotatable bonds is 6. The van der Waals surface area contributed by atoms with Gasteiger partial charge >= 0.3 is 0 Å². The quantitative estimate of drug-likeness (QED) is 0.661. The van der Waals surface area contributed by atoms with E-state index >= 15 is 0 Å². The molecule has 3 rings (SSSR count). The SMILES string of the molecule is Cc1ccc(O)c(Pc2c(C)cccc2CN(C)Cc2ccccc2)c1. The Balaban J connectivity index is 1.82. The summed E-state index contributed by atoms with van der Waals surface area (Å²) < 4.78 is 0. The highest BCUT2D eigenvalue weighted by atomic mass is 31.1. The summed E-state index contributed by atoms with van der Waals surface area (Å²) in [6.07, 6.45) is 0. The number of nitrogens with zero attached hydrogens (tertiary/aromatic N) is 1. The van der Waals surface area contributed by atoms with Gasteiger partial charge in [-0.2, -0.15) is 0 Å². The standard InChI is InChI=1S/C23H26NOP/c1-17-12-13-21(25)22(14-17)26-23-18(2)8-7-11-20(23)16-24(3)15-19-9-5-4-6-10-19/h4-14,25-26H,15-16H2,1-3H3. The number of benzene rings is 3. The van der Waals surface area contributed by atoms with Gasteiger partial charge in [0.25, 0.3) is 0 Å². The van der Waals surface area contributed by atoms with E-state index in [9.17, 15) is 5.11 Å². The Kier molecular flexibility index (Phi) is 6.08. The Hall–Kier alpha value is -2.15. The molecule has 0 saturated carbocycles. The Bertz CT molecular complexity index is 877. The molecule has 3 aromatic carbocycles. The summed E-state index contributed by atoms with van der Waals surface area (Å²) in [4.78, 5) is 2.34. The van der Waals surface area contributed by atoms with Crippen LogP contribution in [0.15, 0.2) is 66.7 Å². The zero-order valence-electron chi connectivity index (χ0n) is 15.7. The van der Waals surface area contributed by atoms with Crippen LogP contribution in [0.25, 0.3) is 0 Å². The molecule has 0 aliphatic heterocycles. The summed E-state index contributed by atoms with van der Waals surface area (Å²) in [5, 5.41) is 12.6. The lowest BCUT2D eigenvalue weighted by atomic mass is 10.1. The topological polar surface area (TPSA) is 23.5 Å². The van der Waals surface area contributed by atoms with Crippen molar-refractivity contribution >= 4 is 19.2 Å². The molecular formula is C23H26NOP. The minimum atomic E-state index is 0.390. The van der Waals surface area contributed by atoms with Crippen LogP contribution in [0.3, 0.4) is 0 Å². The Morgan fingerprint density at radius 1 is 0.885 bits per heavy atom. The van der Waals surface area contributed by atoms with Crippen molar-refractivity contribution in [2.75, 3.05) is 7.05 Å². The van der Waals surface area contributed by atoms with Gasteiger partial charge < -0.3 is 5.11 Å². The zero-order valence-corrected chi connectivity index (χ0v) is 16.7. The maximum atomic E-state index is 10.3. The van der Waals surface area contributed by atoms with E-state index in [1.807, 2.05) is 6.07 Å². The van der Waals surface area contributed by atoms with E-state index in [0.29, 0.717) is 14.3 Å². The molecule has 1 unspecified atom stereocenters. The van der Waals surface area contributed by atoms with Gasteiger partial charge in [-0.1, -0.05) is 68.7 Å². The highest BCUT2D eigenvalue weighted by Crippen LogP contribution is 2.23. The molecule has 0 aromatic heterocycles. The average Bonchev–Trinajstić information content (AvgIpc) is 2.61. The van der Waals surface area contributed by atoms with Crippen LogP contribution in [0.4, 0.5) is 0 Å². The second kappa shape index (κ2) is 8.49. The van der Waals surface area contributed by atoms with Crippen molar-refractivity contribution in [2.24, 2.45) is 0 Å². The number of phenolic OH excluding ortho intramolecular Hbond substituents is 1. The summed E-state index contributed by atoms with van der Waals surface area (Å²) >= 11 is 0. The second-order valence-electron chi connectivity index (χ2n) is 6.91. The second-order valence-corrected chi connectivity index (χ2v) is 8.20. The molecule has 26 heavy (non-hydrogen) atoms. The number of aryl methyl sites for hydroxylation is 2. The summed E-state index contributed by atoms with van der Waals surface area (Å²) in [5.74, 6) is 0.390. The summed E-state index contributed by atoms with van der Waals surface area (Å²) in [6.45, 7) is 6.05. The molecule has 0 aliphatic carbocycles. The summed E-state index contributed by atoms with van der Waals surface area (Å²) in [6, 6.07) is 22.9. The fourth-order valence-corrected chi connectivity index (χ4v) is 4.55. The summed E-state index contributed by atoms with van der Waals surface area (Å²) in [5.41, 5.74) is 5.13. The van der Waals surface area contributed by atoms with Crippen LogP contribution in [-0.4, -0.2) is 17.1 Å². The van der Waals surface area contributed by atoms with E-state index in [0.717, 1.165) is 18.4 Å². The summed E-state index contributed by atoms with van der Waals surface area (Å²) in [7, 11) is 2.62. The van der Waals surface area contributed by atoms with Crippen LogP contribution in [0.2, 0.25) is 0 Å². The molecule has 0 fully saturated rings. The van der Waals surface area contributed by atoms with Crippen molar-refractivity contribution in [3.05, 3.63) is 89.0 Å². The zero-order chi connectivity index (χ0) is 18.5. The highest BCUT2D eigenvalue weighted by Gasteiger charge is 2.12. The van der Waals surface area contributed by atoms with Gasteiger partial charge in [0.1, 0.15) is 5.75 Å².